The van der Waals surface area contributed by atoms with Gasteiger partial charge in [-0.25, -0.2) is 0 Å². The van der Waals surface area contributed by atoms with Gasteiger partial charge in [0, 0.05) is 38.3 Å². The maximum atomic E-state index is 6.10. The smallest absolute Gasteiger partial charge is 0.298 e. The van der Waals surface area contributed by atoms with Gasteiger partial charge in [-0.3, -0.25) is 4.90 Å². The van der Waals surface area contributed by atoms with Crippen molar-refractivity contribution >= 4 is 17.1 Å². The van der Waals surface area contributed by atoms with Crippen molar-refractivity contribution in [2.24, 2.45) is 5.73 Å². The number of oxazole rings is 1. The van der Waals surface area contributed by atoms with Gasteiger partial charge in [0.2, 0.25) is 0 Å². The zero-order valence-corrected chi connectivity index (χ0v) is 13.8. The van der Waals surface area contributed by atoms with Crippen LogP contribution in [0.3, 0.4) is 0 Å². The number of rotatable bonds is 4. The molecule has 0 spiro atoms. The second-order valence-corrected chi connectivity index (χ2v) is 6.90. The normalized spacial score (nSPS) is 17.4. The molecule has 0 saturated carbocycles. The Hall–Kier alpha value is -1.59. The van der Waals surface area contributed by atoms with Crippen LogP contribution in [0.25, 0.3) is 11.1 Å². The fourth-order valence-corrected chi connectivity index (χ4v) is 2.99. The summed E-state index contributed by atoms with van der Waals surface area (Å²) in [6.45, 7) is 11.1. The van der Waals surface area contributed by atoms with E-state index in [9.17, 15) is 0 Å². The first-order valence-corrected chi connectivity index (χ1v) is 8.10. The Morgan fingerprint density at radius 3 is 2.59 bits per heavy atom. The lowest BCUT2D eigenvalue weighted by atomic mass is 10.1. The number of aromatic nitrogens is 1. The molecule has 1 aliphatic heterocycles. The van der Waals surface area contributed by atoms with E-state index in [-0.39, 0.29) is 5.54 Å². The minimum Gasteiger partial charge on any atom is -0.423 e. The highest BCUT2D eigenvalue weighted by atomic mass is 16.4. The highest BCUT2D eigenvalue weighted by Gasteiger charge is 2.24. The van der Waals surface area contributed by atoms with Crippen LogP contribution < -0.4 is 10.6 Å². The monoisotopic (exact) mass is 302 g/mol. The third-order valence-electron chi connectivity index (χ3n) is 4.12. The summed E-state index contributed by atoms with van der Waals surface area (Å²) in [5.74, 6) is 0. The molecule has 5 heteroatoms. The van der Waals surface area contributed by atoms with Gasteiger partial charge in [0.05, 0.1) is 0 Å². The van der Waals surface area contributed by atoms with Gasteiger partial charge >= 0.3 is 0 Å². The van der Waals surface area contributed by atoms with Gasteiger partial charge < -0.3 is 15.1 Å². The quantitative estimate of drug-likeness (QED) is 0.938. The lowest BCUT2D eigenvalue weighted by molar-refractivity contribution is 0.211. The number of hydrogen-bond donors (Lipinski definition) is 1. The SMILES string of the molecule is CCc1ccc2oc(N3CCN(CC(C)(C)N)CC3)nc2c1. The highest BCUT2D eigenvalue weighted by molar-refractivity contribution is 5.75. The fourth-order valence-electron chi connectivity index (χ4n) is 2.99. The number of fused-ring (bicyclic) bond motifs is 1. The molecule has 1 aromatic heterocycles. The minimum absolute atomic E-state index is 0.143. The van der Waals surface area contributed by atoms with E-state index < -0.39 is 0 Å². The second kappa shape index (κ2) is 5.89. The molecule has 22 heavy (non-hydrogen) atoms. The Kier molecular flexibility index (Phi) is 4.10. The second-order valence-electron chi connectivity index (χ2n) is 6.90. The van der Waals surface area contributed by atoms with Crippen molar-refractivity contribution in [2.45, 2.75) is 32.7 Å². The average molecular weight is 302 g/mol. The molecule has 5 nitrogen and oxygen atoms in total. The summed E-state index contributed by atoms with van der Waals surface area (Å²) in [7, 11) is 0. The van der Waals surface area contributed by atoms with Gasteiger partial charge in [0.15, 0.2) is 5.58 Å². The summed E-state index contributed by atoms with van der Waals surface area (Å²) in [6.07, 6.45) is 1.02. The lowest BCUT2D eigenvalue weighted by Crippen LogP contribution is -2.53. The van der Waals surface area contributed by atoms with Crippen LogP contribution in [0, 0.1) is 0 Å². The predicted octanol–water partition coefficient (Wildman–Crippen LogP) is 2.25. The number of nitrogens with zero attached hydrogens (tertiary/aromatic N) is 3. The first-order valence-electron chi connectivity index (χ1n) is 8.10. The van der Waals surface area contributed by atoms with Crippen LogP contribution in [0.1, 0.15) is 26.3 Å². The molecule has 0 radical (unpaired) electrons. The summed E-state index contributed by atoms with van der Waals surface area (Å²) >= 11 is 0. The summed E-state index contributed by atoms with van der Waals surface area (Å²) in [5, 5.41) is 0. The maximum Gasteiger partial charge on any atom is 0.298 e. The number of anilines is 1. The first kappa shape index (κ1) is 15.3. The van der Waals surface area contributed by atoms with Crippen molar-refractivity contribution in [2.75, 3.05) is 37.6 Å². The topological polar surface area (TPSA) is 58.5 Å². The molecule has 2 N–H and O–H groups in total. The van der Waals surface area contributed by atoms with E-state index in [1.54, 1.807) is 0 Å². The number of nitrogens with two attached hydrogens (primary N) is 1. The Balaban J connectivity index is 1.68. The Bertz CT molecular complexity index is 636. The summed E-state index contributed by atoms with van der Waals surface area (Å²) in [6, 6.07) is 7.00. The predicted molar refractivity (Wildman–Crippen MR) is 90.3 cm³/mol. The summed E-state index contributed by atoms with van der Waals surface area (Å²) in [4.78, 5) is 9.30. The maximum absolute atomic E-state index is 6.10. The molecule has 2 aromatic rings. The van der Waals surface area contributed by atoms with Crippen LogP contribution in [0.5, 0.6) is 0 Å². The van der Waals surface area contributed by atoms with Crippen molar-refractivity contribution in [1.29, 1.82) is 0 Å². The molecule has 2 heterocycles. The number of piperazine rings is 1. The third kappa shape index (κ3) is 3.42. The first-order chi connectivity index (χ1) is 10.4. The van der Waals surface area contributed by atoms with Gasteiger partial charge in [0.25, 0.3) is 6.01 Å². The van der Waals surface area contributed by atoms with Gasteiger partial charge in [-0.1, -0.05) is 13.0 Å². The summed E-state index contributed by atoms with van der Waals surface area (Å²) < 4.78 is 5.91. The molecule has 3 rings (SSSR count). The van der Waals surface area contributed by atoms with E-state index in [4.69, 9.17) is 10.2 Å². The van der Waals surface area contributed by atoms with Crippen molar-refractivity contribution in [3.05, 3.63) is 23.8 Å². The molecule has 0 bridgehead atoms. The fraction of sp³-hybridized carbons (Fsp3) is 0.588. The molecule has 1 fully saturated rings. The van der Waals surface area contributed by atoms with E-state index in [0.717, 1.165) is 56.3 Å². The minimum atomic E-state index is -0.143. The standard InChI is InChI=1S/C17H26N4O/c1-4-13-5-6-15-14(11-13)19-16(22-15)21-9-7-20(8-10-21)12-17(2,3)18/h5-6,11H,4,7-10,12,18H2,1-3H3. The van der Waals surface area contributed by atoms with Crippen LogP contribution in [0.2, 0.25) is 0 Å². The van der Waals surface area contributed by atoms with Crippen LogP contribution >= 0.6 is 0 Å². The van der Waals surface area contributed by atoms with Crippen molar-refractivity contribution in [1.82, 2.24) is 9.88 Å². The van der Waals surface area contributed by atoms with Gasteiger partial charge in [-0.2, -0.15) is 4.98 Å². The molecular formula is C17H26N4O. The van der Waals surface area contributed by atoms with Gasteiger partial charge in [0.1, 0.15) is 5.52 Å². The third-order valence-corrected chi connectivity index (χ3v) is 4.12. The average Bonchev–Trinajstić information content (AvgIpc) is 2.89. The van der Waals surface area contributed by atoms with Crippen LogP contribution in [0.4, 0.5) is 6.01 Å². The Morgan fingerprint density at radius 2 is 1.95 bits per heavy atom. The molecule has 120 valence electrons. The molecule has 1 aliphatic rings. The molecule has 0 amide bonds. The number of hydrogen-bond acceptors (Lipinski definition) is 5. The zero-order chi connectivity index (χ0) is 15.7. The van der Waals surface area contributed by atoms with E-state index >= 15 is 0 Å². The molecule has 1 aromatic carbocycles. The largest absolute Gasteiger partial charge is 0.423 e. The van der Waals surface area contributed by atoms with E-state index in [1.165, 1.54) is 5.56 Å². The van der Waals surface area contributed by atoms with Gasteiger partial charge in [-0.05, 0) is 38.0 Å². The molecule has 0 unspecified atom stereocenters. The highest BCUT2D eigenvalue weighted by Crippen LogP contribution is 2.24. The number of benzene rings is 1. The van der Waals surface area contributed by atoms with Crippen LogP contribution in [-0.2, 0) is 6.42 Å². The molecule has 1 saturated heterocycles. The van der Waals surface area contributed by atoms with Gasteiger partial charge in [-0.15, -0.1) is 0 Å². The van der Waals surface area contributed by atoms with Crippen LogP contribution in [0.15, 0.2) is 22.6 Å². The Labute approximate surface area is 132 Å². The van der Waals surface area contributed by atoms with Crippen molar-refractivity contribution in [3.8, 4) is 0 Å². The van der Waals surface area contributed by atoms with E-state index in [0.29, 0.717) is 0 Å². The lowest BCUT2D eigenvalue weighted by Gasteiger charge is -2.37. The van der Waals surface area contributed by atoms with E-state index in [1.807, 2.05) is 6.07 Å². The summed E-state index contributed by atoms with van der Waals surface area (Å²) in [5.41, 5.74) is 9.09. The van der Waals surface area contributed by atoms with Crippen LogP contribution in [-0.4, -0.2) is 48.1 Å². The molecule has 0 atom stereocenters. The zero-order valence-electron chi connectivity index (χ0n) is 13.8. The molecular weight excluding hydrogens is 276 g/mol. The Morgan fingerprint density at radius 1 is 1.23 bits per heavy atom. The molecule has 0 aliphatic carbocycles. The van der Waals surface area contributed by atoms with E-state index in [2.05, 4.69) is 47.7 Å². The van der Waals surface area contributed by atoms with Crippen molar-refractivity contribution < 1.29 is 4.42 Å². The van der Waals surface area contributed by atoms with Crippen molar-refractivity contribution in [3.63, 3.8) is 0 Å². The number of aryl methyl sites for hydroxylation is 1.